The first-order valence-electron chi connectivity index (χ1n) is 3.99. The van der Waals surface area contributed by atoms with Crippen molar-refractivity contribution in [2.45, 2.75) is 4.90 Å². The van der Waals surface area contributed by atoms with Crippen molar-refractivity contribution in [2.24, 2.45) is 0 Å². The number of sulfonamides is 1. The van der Waals surface area contributed by atoms with E-state index in [1.54, 1.807) is 0 Å². The van der Waals surface area contributed by atoms with E-state index in [1.165, 1.54) is 24.3 Å². The Labute approximate surface area is 86.8 Å². The molecule has 15 heavy (non-hydrogen) atoms. The summed E-state index contributed by atoms with van der Waals surface area (Å²) in [6.45, 7) is -0.646. The van der Waals surface area contributed by atoms with Crippen LogP contribution in [-0.2, 0) is 14.8 Å². The van der Waals surface area contributed by atoms with E-state index in [2.05, 4.69) is 0 Å². The number of aliphatic carboxylic acids is 1. The molecule has 0 spiro atoms. The molecule has 0 bridgehead atoms. The molecule has 0 radical (unpaired) electrons. The van der Waals surface area contributed by atoms with Gasteiger partial charge in [-0.25, -0.2) is 8.42 Å². The topological polar surface area (TPSA) is 109 Å². The molecule has 1 aromatic rings. The summed E-state index contributed by atoms with van der Waals surface area (Å²) in [6, 6.07) is 5.46. The molecular formula is C8H10N2O4S. The fourth-order valence-corrected chi connectivity index (χ4v) is 1.86. The van der Waals surface area contributed by atoms with Crippen molar-refractivity contribution in [1.29, 1.82) is 0 Å². The van der Waals surface area contributed by atoms with Crippen molar-refractivity contribution in [3.63, 3.8) is 0 Å². The van der Waals surface area contributed by atoms with Gasteiger partial charge in [-0.1, -0.05) is 0 Å². The van der Waals surface area contributed by atoms with Gasteiger partial charge in [-0.15, -0.1) is 0 Å². The molecule has 0 aromatic heterocycles. The van der Waals surface area contributed by atoms with Crippen molar-refractivity contribution in [1.82, 2.24) is 4.72 Å². The molecule has 0 aliphatic rings. The normalized spacial score (nSPS) is 11.2. The van der Waals surface area contributed by atoms with Crippen molar-refractivity contribution >= 4 is 21.7 Å². The maximum atomic E-state index is 11.4. The second-order valence-electron chi connectivity index (χ2n) is 2.79. The molecule has 1 aromatic carbocycles. The van der Waals surface area contributed by atoms with Gasteiger partial charge >= 0.3 is 5.97 Å². The molecular weight excluding hydrogens is 220 g/mol. The molecule has 0 amide bonds. The van der Waals surface area contributed by atoms with E-state index in [9.17, 15) is 13.2 Å². The SMILES string of the molecule is Nc1ccc(S(=O)(=O)NCC(=O)O)cc1. The molecule has 0 unspecified atom stereocenters. The average Bonchev–Trinajstić information content (AvgIpc) is 2.16. The monoisotopic (exact) mass is 230 g/mol. The van der Waals surface area contributed by atoms with Gasteiger partial charge in [0, 0.05) is 5.69 Å². The first kappa shape index (κ1) is 11.5. The summed E-state index contributed by atoms with van der Waals surface area (Å²) >= 11 is 0. The Kier molecular flexibility index (Phi) is 3.28. The molecule has 4 N–H and O–H groups in total. The van der Waals surface area contributed by atoms with E-state index in [4.69, 9.17) is 10.8 Å². The molecule has 0 aliphatic heterocycles. The third-order valence-electron chi connectivity index (χ3n) is 1.60. The number of nitrogens with two attached hydrogens (primary N) is 1. The van der Waals surface area contributed by atoms with Crippen LogP contribution in [0.2, 0.25) is 0 Å². The van der Waals surface area contributed by atoms with E-state index in [1.807, 2.05) is 4.72 Å². The zero-order valence-corrected chi connectivity index (χ0v) is 8.49. The molecule has 1 rings (SSSR count). The standard InChI is InChI=1S/C8H10N2O4S/c9-6-1-3-7(4-2-6)15(13,14)10-5-8(11)12/h1-4,10H,5,9H2,(H,11,12). The molecule has 0 heterocycles. The van der Waals surface area contributed by atoms with E-state index < -0.39 is 22.5 Å². The largest absolute Gasteiger partial charge is 0.480 e. The first-order valence-corrected chi connectivity index (χ1v) is 5.47. The van der Waals surface area contributed by atoms with Crippen LogP contribution in [0.5, 0.6) is 0 Å². The van der Waals surface area contributed by atoms with Gasteiger partial charge < -0.3 is 10.8 Å². The predicted molar refractivity (Wildman–Crippen MR) is 53.7 cm³/mol. The van der Waals surface area contributed by atoms with Crippen LogP contribution in [-0.4, -0.2) is 26.0 Å². The number of nitrogen functional groups attached to an aromatic ring is 1. The molecule has 7 heteroatoms. The first-order chi connectivity index (χ1) is 6.92. The summed E-state index contributed by atoms with van der Waals surface area (Å²) in [5, 5.41) is 8.32. The van der Waals surface area contributed by atoms with Crippen LogP contribution < -0.4 is 10.5 Å². The van der Waals surface area contributed by atoms with Crippen LogP contribution in [0.1, 0.15) is 0 Å². The van der Waals surface area contributed by atoms with Gasteiger partial charge in [0.1, 0.15) is 6.54 Å². The quantitative estimate of drug-likeness (QED) is 0.611. The van der Waals surface area contributed by atoms with Crippen molar-refractivity contribution in [3.05, 3.63) is 24.3 Å². The lowest BCUT2D eigenvalue weighted by molar-refractivity contribution is -0.135. The predicted octanol–water partition coefficient (Wildman–Crippen LogP) is -0.368. The molecule has 82 valence electrons. The zero-order valence-electron chi connectivity index (χ0n) is 7.67. The number of nitrogens with one attached hydrogen (secondary N) is 1. The Balaban J connectivity index is 2.87. The smallest absolute Gasteiger partial charge is 0.318 e. The van der Waals surface area contributed by atoms with Gasteiger partial charge in [0.15, 0.2) is 0 Å². The Hall–Kier alpha value is -1.60. The fourth-order valence-electron chi connectivity index (χ4n) is 0.887. The Morgan fingerprint density at radius 3 is 2.33 bits per heavy atom. The molecule has 0 saturated heterocycles. The summed E-state index contributed by atoms with van der Waals surface area (Å²) in [6.07, 6.45) is 0. The third-order valence-corrected chi connectivity index (χ3v) is 3.02. The average molecular weight is 230 g/mol. The second kappa shape index (κ2) is 4.28. The maximum absolute atomic E-state index is 11.4. The summed E-state index contributed by atoms with van der Waals surface area (Å²) < 4.78 is 24.8. The number of anilines is 1. The lowest BCUT2D eigenvalue weighted by Crippen LogP contribution is -2.29. The van der Waals surface area contributed by atoms with Crippen LogP contribution >= 0.6 is 0 Å². The highest BCUT2D eigenvalue weighted by Crippen LogP contribution is 2.10. The van der Waals surface area contributed by atoms with Crippen LogP contribution in [0.4, 0.5) is 5.69 Å². The van der Waals surface area contributed by atoms with Crippen LogP contribution in [0, 0.1) is 0 Å². The molecule has 0 aliphatic carbocycles. The lowest BCUT2D eigenvalue weighted by Gasteiger charge is -2.04. The number of carboxylic acids is 1. The minimum Gasteiger partial charge on any atom is -0.480 e. The van der Waals surface area contributed by atoms with E-state index in [0.717, 1.165) is 0 Å². The van der Waals surface area contributed by atoms with Crippen LogP contribution in [0.25, 0.3) is 0 Å². The minimum atomic E-state index is -3.76. The second-order valence-corrected chi connectivity index (χ2v) is 4.55. The van der Waals surface area contributed by atoms with Crippen molar-refractivity contribution in [2.75, 3.05) is 12.3 Å². The Morgan fingerprint density at radius 1 is 1.33 bits per heavy atom. The number of carboxylic acid groups (broad SMARTS) is 1. The number of hydrogen-bond donors (Lipinski definition) is 3. The third kappa shape index (κ3) is 3.22. The van der Waals surface area contributed by atoms with Crippen molar-refractivity contribution < 1.29 is 18.3 Å². The van der Waals surface area contributed by atoms with E-state index in [-0.39, 0.29) is 4.90 Å². The van der Waals surface area contributed by atoms with Gasteiger partial charge in [0.25, 0.3) is 0 Å². The van der Waals surface area contributed by atoms with Gasteiger partial charge in [0.05, 0.1) is 4.90 Å². The number of carbonyl (C=O) groups is 1. The molecule has 0 fully saturated rings. The summed E-state index contributed by atoms with van der Waals surface area (Å²) in [5.74, 6) is -1.24. The highest BCUT2D eigenvalue weighted by atomic mass is 32.2. The minimum absolute atomic E-state index is 0.0158. The summed E-state index contributed by atoms with van der Waals surface area (Å²) in [4.78, 5) is 10.2. The van der Waals surface area contributed by atoms with Crippen molar-refractivity contribution in [3.8, 4) is 0 Å². The number of benzene rings is 1. The number of rotatable bonds is 4. The van der Waals surface area contributed by atoms with Crippen LogP contribution in [0.15, 0.2) is 29.2 Å². The van der Waals surface area contributed by atoms with Gasteiger partial charge in [-0.2, -0.15) is 4.72 Å². The van der Waals surface area contributed by atoms with Crippen LogP contribution in [0.3, 0.4) is 0 Å². The molecule has 0 atom stereocenters. The molecule has 6 nitrogen and oxygen atoms in total. The Bertz CT molecular complexity index is 452. The van der Waals surface area contributed by atoms with Gasteiger partial charge in [0.2, 0.25) is 10.0 Å². The molecule has 0 saturated carbocycles. The van der Waals surface area contributed by atoms with Gasteiger partial charge in [-0.3, -0.25) is 4.79 Å². The highest BCUT2D eigenvalue weighted by molar-refractivity contribution is 7.89. The highest BCUT2D eigenvalue weighted by Gasteiger charge is 2.14. The zero-order chi connectivity index (χ0) is 11.5. The number of hydrogen-bond acceptors (Lipinski definition) is 4. The Morgan fingerprint density at radius 2 is 1.87 bits per heavy atom. The lowest BCUT2D eigenvalue weighted by atomic mass is 10.3. The summed E-state index contributed by atoms with van der Waals surface area (Å²) in [5.41, 5.74) is 5.82. The maximum Gasteiger partial charge on any atom is 0.318 e. The van der Waals surface area contributed by atoms with E-state index >= 15 is 0 Å². The van der Waals surface area contributed by atoms with E-state index in [0.29, 0.717) is 5.69 Å². The van der Waals surface area contributed by atoms with Gasteiger partial charge in [-0.05, 0) is 24.3 Å². The summed E-state index contributed by atoms with van der Waals surface area (Å²) in [7, 11) is -3.76. The fraction of sp³-hybridized carbons (Fsp3) is 0.125.